The summed E-state index contributed by atoms with van der Waals surface area (Å²) in [7, 11) is 1.64. The van der Waals surface area contributed by atoms with Crippen molar-refractivity contribution >= 4 is 28.1 Å². The second-order valence-corrected chi connectivity index (χ2v) is 4.35. The molecular weight excluding hydrogens is 252 g/mol. The molecule has 0 amide bonds. The lowest BCUT2D eigenvalue weighted by Gasteiger charge is -2.09. The van der Waals surface area contributed by atoms with Crippen LogP contribution in [0, 0.1) is 0 Å². The number of nitrogen functional groups attached to an aromatic ring is 1. The van der Waals surface area contributed by atoms with Gasteiger partial charge in [0.05, 0.1) is 12.6 Å². The van der Waals surface area contributed by atoms with Gasteiger partial charge in [-0.3, -0.25) is 0 Å². The van der Waals surface area contributed by atoms with Crippen molar-refractivity contribution in [2.75, 3.05) is 18.2 Å². The van der Waals surface area contributed by atoms with Crippen LogP contribution in [0.4, 0.5) is 17.2 Å². The molecular formula is C15H14N4O. The number of nitrogens with zero attached hydrogens (tertiary/aromatic N) is 2. The van der Waals surface area contributed by atoms with Crippen LogP contribution in [0.15, 0.2) is 48.8 Å². The number of hydrogen-bond acceptors (Lipinski definition) is 5. The summed E-state index contributed by atoms with van der Waals surface area (Å²) < 4.78 is 5.14. The number of ether oxygens (including phenoxy) is 1. The number of rotatable bonds is 3. The van der Waals surface area contributed by atoms with Crippen LogP contribution in [0.1, 0.15) is 0 Å². The molecule has 0 radical (unpaired) electrons. The van der Waals surface area contributed by atoms with Gasteiger partial charge in [0.2, 0.25) is 0 Å². The fourth-order valence-corrected chi connectivity index (χ4v) is 1.98. The van der Waals surface area contributed by atoms with Crippen LogP contribution in [-0.4, -0.2) is 17.1 Å². The van der Waals surface area contributed by atoms with Gasteiger partial charge in [-0.05, 0) is 42.5 Å². The summed E-state index contributed by atoms with van der Waals surface area (Å²) >= 11 is 0. The monoisotopic (exact) mass is 266 g/mol. The zero-order chi connectivity index (χ0) is 13.9. The summed E-state index contributed by atoms with van der Waals surface area (Å²) in [6.45, 7) is 0. The van der Waals surface area contributed by atoms with E-state index >= 15 is 0 Å². The maximum atomic E-state index is 5.82. The first-order valence-electron chi connectivity index (χ1n) is 6.17. The topological polar surface area (TPSA) is 73.1 Å². The normalized spacial score (nSPS) is 10.4. The summed E-state index contributed by atoms with van der Waals surface area (Å²) in [6.07, 6.45) is 1.53. The Labute approximate surface area is 116 Å². The van der Waals surface area contributed by atoms with Crippen molar-refractivity contribution in [2.45, 2.75) is 0 Å². The SMILES string of the molecule is COc1ccc(Nc2ncnc3ccc(N)cc23)cc1. The third-order valence-corrected chi connectivity index (χ3v) is 3.01. The molecule has 3 aromatic rings. The van der Waals surface area contributed by atoms with Gasteiger partial charge in [0.1, 0.15) is 17.9 Å². The van der Waals surface area contributed by atoms with Gasteiger partial charge in [-0.15, -0.1) is 0 Å². The summed E-state index contributed by atoms with van der Waals surface area (Å²) in [5.41, 5.74) is 8.29. The fourth-order valence-electron chi connectivity index (χ4n) is 1.98. The molecule has 0 saturated heterocycles. The van der Waals surface area contributed by atoms with Gasteiger partial charge in [0.15, 0.2) is 0 Å². The Balaban J connectivity index is 1.99. The third kappa shape index (κ3) is 2.33. The maximum Gasteiger partial charge on any atom is 0.141 e. The fraction of sp³-hybridized carbons (Fsp3) is 0.0667. The van der Waals surface area contributed by atoms with E-state index in [4.69, 9.17) is 10.5 Å². The average Bonchev–Trinajstić information content (AvgIpc) is 2.49. The predicted octanol–water partition coefficient (Wildman–Crippen LogP) is 2.96. The number of methoxy groups -OCH3 is 1. The molecule has 1 aromatic heterocycles. The van der Waals surface area contributed by atoms with Crippen LogP contribution in [0.5, 0.6) is 5.75 Å². The van der Waals surface area contributed by atoms with Gasteiger partial charge in [0, 0.05) is 16.8 Å². The number of hydrogen-bond donors (Lipinski definition) is 2. The van der Waals surface area contributed by atoms with Crippen molar-refractivity contribution in [1.82, 2.24) is 9.97 Å². The predicted molar refractivity (Wildman–Crippen MR) is 80.2 cm³/mol. The van der Waals surface area contributed by atoms with E-state index in [1.54, 1.807) is 7.11 Å². The molecule has 3 rings (SSSR count). The van der Waals surface area contributed by atoms with Crippen LogP contribution >= 0.6 is 0 Å². The molecule has 20 heavy (non-hydrogen) atoms. The molecule has 0 spiro atoms. The number of benzene rings is 2. The minimum absolute atomic E-state index is 0.685. The average molecular weight is 266 g/mol. The lowest BCUT2D eigenvalue weighted by Crippen LogP contribution is -1.97. The van der Waals surface area contributed by atoms with Crippen LogP contribution in [-0.2, 0) is 0 Å². The Bertz CT molecular complexity index is 740. The zero-order valence-corrected chi connectivity index (χ0v) is 11.0. The Kier molecular flexibility index (Phi) is 3.09. The standard InChI is InChI=1S/C15H14N4O/c1-20-12-5-3-11(4-6-12)19-15-13-8-10(16)2-7-14(13)17-9-18-15/h2-9H,16H2,1H3,(H,17,18,19). The largest absolute Gasteiger partial charge is 0.497 e. The Morgan fingerprint density at radius 3 is 2.60 bits per heavy atom. The van der Waals surface area contributed by atoms with Gasteiger partial charge in [-0.25, -0.2) is 9.97 Å². The minimum Gasteiger partial charge on any atom is -0.497 e. The quantitative estimate of drug-likeness (QED) is 0.713. The van der Waals surface area contributed by atoms with Gasteiger partial charge in [0.25, 0.3) is 0 Å². The molecule has 0 atom stereocenters. The lowest BCUT2D eigenvalue weighted by molar-refractivity contribution is 0.415. The molecule has 0 fully saturated rings. The molecule has 0 bridgehead atoms. The first-order chi connectivity index (χ1) is 9.76. The molecule has 3 N–H and O–H groups in total. The lowest BCUT2D eigenvalue weighted by atomic mass is 10.2. The maximum absolute atomic E-state index is 5.82. The zero-order valence-electron chi connectivity index (χ0n) is 11.0. The highest BCUT2D eigenvalue weighted by Gasteiger charge is 2.04. The van der Waals surface area contributed by atoms with Crippen molar-refractivity contribution in [3.63, 3.8) is 0 Å². The van der Waals surface area contributed by atoms with Crippen molar-refractivity contribution in [3.05, 3.63) is 48.8 Å². The number of anilines is 3. The van der Waals surface area contributed by atoms with Crippen LogP contribution < -0.4 is 15.8 Å². The van der Waals surface area contributed by atoms with E-state index in [1.807, 2.05) is 42.5 Å². The molecule has 0 saturated carbocycles. The molecule has 0 aliphatic rings. The molecule has 0 aliphatic carbocycles. The van der Waals surface area contributed by atoms with Crippen LogP contribution in [0.2, 0.25) is 0 Å². The third-order valence-electron chi connectivity index (χ3n) is 3.01. The van der Waals surface area contributed by atoms with Gasteiger partial charge in [-0.1, -0.05) is 0 Å². The van der Waals surface area contributed by atoms with Gasteiger partial charge in [-0.2, -0.15) is 0 Å². The van der Waals surface area contributed by atoms with Crippen LogP contribution in [0.25, 0.3) is 10.9 Å². The second kappa shape index (κ2) is 5.05. The van der Waals surface area contributed by atoms with E-state index in [-0.39, 0.29) is 0 Å². The van der Waals surface area contributed by atoms with Gasteiger partial charge < -0.3 is 15.8 Å². The van der Waals surface area contributed by atoms with Crippen LogP contribution in [0.3, 0.4) is 0 Å². The van der Waals surface area contributed by atoms with E-state index in [1.165, 1.54) is 6.33 Å². The number of nitrogens with two attached hydrogens (primary N) is 1. The van der Waals surface area contributed by atoms with Crippen molar-refractivity contribution in [2.24, 2.45) is 0 Å². The summed E-state index contributed by atoms with van der Waals surface area (Å²) in [5.74, 6) is 1.54. The molecule has 5 heteroatoms. The summed E-state index contributed by atoms with van der Waals surface area (Å²) in [4.78, 5) is 8.50. The molecule has 0 unspecified atom stereocenters. The summed E-state index contributed by atoms with van der Waals surface area (Å²) in [6, 6.07) is 13.2. The van der Waals surface area contributed by atoms with E-state index < -0.39 is 0 Å². The Morgan fingerprint density at radius 1 is 1.05 bits per heavy atom. The molecule has 2 aromatic carbocycles. The Morgan fingerprint density at radius 2 is 1.85 bits per heavy atom. The van der Waals surface area contributed by atoms with Crippen molar-refractivity contribution in [3.8, 4) is 5.75 Å². The first-order valence-corrected chi connectivity index (χ1v) is 6.17. The van der Waals surface area contributed by atoms with E-state index in [0.29, 0.717) is 5.69 Å². The highest BCUT2D eigenvalue weighted by molar-refractivity contribution is 5.92. The number of fused-ring (bicyclic) bond motifs is 1. The second-order valence-electron chi connectivity index (χ2n) is 4.35. The molecule has 0 aliphatic heterocycles. The van der Waals surface area contributed by atoms with E-state index in [2.05, 4.69) is 15.3 Å². The highest BCUT2D eigenvalue weighted by Crippen LogP contribution is 2.25. The van der Waals surface area contributed by atoms with Crippen molar-refractivity contribution < 1.29 is 4.74 Å². The first kappa shape index (κ1) is 12.2. The molecule has 5 nitrogen and oxygen atoms in total. The molecule has 1 heterocycles. The molecule has 100 valence electrons. The number of nitrogens with one attached hydrogen (secondary N) is 1. The van der Waals surface area contributed by atoms with Crippen molar-refractivity contribution in [1.29, 1.82) is 0 Å². The smallest absolute Gasteiger partial charge is 0.141 e. The van der Waals surface area contributed by atoms with E-state index in [0.717, 1.165) is 28.2 Å². The Hall–Kier alpha value is -2.82. The number of aromatic nitrogens is 2. The van der Waals surface area contributed by atoms with Gasteiger partial charge >= 0.3 is 0 Å². The van der Waals surface area contributed by atoms with E-state index in [9.17, 15) is 0 Å². The minimum atomic E-state index is 0.685. The summed E-state index contributed by atoms with van der Waals surface area (Å²) in [5, 5.41) is 4.16. The highest BCUT2D eigenvalue weighted by atomic mass is 16.5.